The highest BCUT2D eigenvalue weighted by Crippen LogP contribution is 2.21. The number of aliphatic hydroxyl groups is 3. The molecule has 0 saturated carbocycles. The van der Waals surface area contributed by atoms with Crippen LogP contribution in [-0.2, 0) is 4.74 Å². The van der Waals surface area contributed by atoms with Crippen molar-refractivity contribution in [1.82, 2.24) is 0 Å². The zero-order valence-corrected chi connectivity index (χ0v) is 4.95. The number of hydrogen-bond acceptors (Lipinski definition) is 4. The van der Waals surface area contributed by atoms with Crippen LogP contribution in [0.5, 0.6) is 0 Å². The Labute approximate surface area is 52.7 Å². The van der Waals surface area contributed by atoms with E-state index in [0.29, 0.717) is 0 Å². The van der Waals surface area contributed by atoms with E-state index in [2.05, 4.69) is 4.74 Å². The maximum absolute atomic E-state index is 9.04. The van der Waals surface area contributed by atoms with Crippen molar-refractivity contribution in [3.05, 3.63) is 0 Å². The van der Waals surface area contributed by atoms with Crippen molar-refractivity contribution in [2.24, 2.45) is 0 Å². The lowest BCUT2D eigenvalue weighted by molar-refractivity contribution is -0.193. The van der Waals surface area contributed by atoms with Crippen molar-refractivity contribution < 1.29 is 20.1 Å². The molecule has 0 radical (unpaired) electrons. The molecule has 1 aliphatic rings. The van der Waals surface area contributed by atoms with Gasteiger partial charge >= 0.3 is 0 Å². The number of rotatable bonds is 1. The van der Waals surface area contributed by atoms with Crippen molar-refractivity contribution in [3.63, 3.8) is 0 Å². The van der Waals surface area contributed by atoms with Gasteiger partial charge in [-0.15, -0.1) is 0 Å². The van der Waals surface area contributed by atoms with Gasteiger partial charge in [0.15, 0.2) is 5.79 Å². The van der Waals surface area contributed by atoms with Crippen LogP contribution in [0.2, 0.25) is 0 Å². The molecule has 54 valence electrons. The van der Waals surface area contributed by atoms with Crippen LogP contribution >= 0.6 is 0 Å². The molecule has 1 fully saturated rings. The molecule has 0 amide bonds. The van der Waals surface area contributed by atoms with Crippen molar-refractivity contribution >= 4 is 0 Å². The Morgan fingerprint density at radius 1 is 1.67 bits per heavy atom. The van der Waals surface area contributed by atoms with Gasteiger partial charge in [0.25, 0.3) is 0 Å². The van der Waals surface area contributed by atoms with Crippen LogP contribution < -0.4 is 0 Å². The van der Waals surface area contributed by atoms with E-state index < -0.39 is 18.5 Å². The molecule has 4 heteroatoms. The van der Waals surface area contributed by atoms with E-state index in [0.717, 1.165) is 0 Å². The molecule has 0 aromatic heterocycles. The van der Waals surface area contributed by atoms with Gasteiger partial charge in [-0.3, -0.25) is 0 Å². The quantitative estimate of drug-likeness (QED) is 0.406. The van der Waals surface area contributed by atoms with Gasteiger partial charge in [0.1, 0.15) is 0 Å². The van der Waals surface area contributed by atoms with E-state index in [-0.39, 0.29) is 13.0 Å². The summed E-state index contributed by atoms with van der Waals surface area (Å²) in [5.74, 6) is -1.49. The van der Waals surface area contributed by atoms with Gasteiger partial charge in [-0.2, -0.15) is 0 Å². The summed E-state index contributed by atoms with van der Waals surface area (Å²) >= 11 is 0. The minimum absolute atomic E-state index is 0.101. The Hall–Kier alpha value is -0.160. The highest BCUT2D eigenvalue weighted by atomic mass is 16.6. The average Bonchev–Trinajstić information content (AvgIpc) is 2.13. The fraction of sp³-hybridized carbons (Fsp3) is 1.00. The summed E-state index contributed by atoms with van der Waals surface area (Å²) in [6.45, 7) is -0.346. The first-order valence-electron chi connectivity index (χ1n) is 2.81. The predicted octanol–water partition coefficient (Wildman–Crippen LogP) is -1.55. The fourth-order valence-corrected chi connectivity index (χ4v) is 0.848. The van der Waals surface area contributed by atoms with E-state index in [9.17, 15) is 0 Å². The summed E-state index contributed by atoms with van der Waals surface area (Å²) in [6.07, 6.45) is -0.536. The van der Waals surface area contributed by atoms with Crippen molar-refractivity contribution in [2.45, 2.75) is 18.3 Å². The second-order valence-electron chi connectivity index (χ2n) is 2.27. The lowest BCUT2D eigenvalue weighted by Gasteiger charge is -2.16. The van der Waals surface area contributed by atoms with E-state index in [1.807, 2.05) is 0 Å². The molecule has 9 heavy (non-hydrogen) atoms. The van der Waals surface area contributed by atoms with Gasteiger partial charge in [0.2, 0.25) is 0 Å². The van der Waals surface area contributed by atoms with Gasteiger partial charge in [0.05, 0.1) is 19.3 Å². The minimum Gasteiger partial charge on any atom is -0.391 e. The molecule has 4 nitrogen and oxygen atoms in total. The SMILES string of the molecule is OCC1(O)C[C@H](O)CO1. The summed E-state index contributed by atoms with van der Waals surface area (Å²) in [4.78, 5) is 0. The first-order valence-corrected chi connectivity index (χ1v) is 2.81. The lowest BCUT2D eigenvalue weighted by atomic mass is 10.2. The van der Waals surface area contributed by atoms with Crippen LogP contribution in [0.15, 0.2) is 0 Å². The number of aliphatic hydroxyl groups excluding tert-OH is 2. The van der Waals surface area contributed by atoms with Crippen LogP contribution in [0.4, 0.5) is 0 Å². The highest BCUT2D eigenvalue weighted by Gasteiger charge is 2.36. The van der Waals surface area contributed by atoms with E-state index >= 15 is 0 Å². The molecular weight excluding hydrogens is 124 g/mol. The maximum atomic E-state index is 9.04. The molecule has 0 aromatic rings. The molecule has 1 saturated heterocycles. The van der Waals surface area contributed by atoms with Crippen LogP contribution in [0.1, 0.15) is 6.42 Å². The topological polar surface area (TPSA) is 69.9 Å². The van der Waals surface area contributed by atoms with Gasteiger partial charge in [-0.25, -0.2) is 0 Å². The van der Waals surface area contributed by atoms with E-state index in [1.165, 1.54) is 0 Å². The second kappa shape index (κ2) is 2.22. The molecule has 2 atom stereocenters. The Morgan fingerprint density at radius 3 is 2.56 bits per heavy atom. The molecule has 0 spiro atoms. The second-order valence-corrected chi connectivity index (χ2v) is 2.27. The zero-order chi connectivity index (χ0) is 6.91. The molecule has 1 aliphatic heterocycles. The van der Waals surface area contributed by atoms with Crippen LogP contribution in [-0.4, -0.2) is 40.4 Å². The standard InChI is InChI=1S/C5H10O4/c6-3-5(8)1-4(7)2-9-5/h4,6-8H,1-3H2/t4-,5?/m0/s1. The molecule has 1 unspecified atom stereocenters. The summed E-state index contributed by atoms with van der Waals surface area (Å²) in [5, 5.41) is 26.3. The Balaban J connectivity index is 2.45. The molecule has 1 rings (SSSR count). The first-order chi connectivity index (χ1) is 4.16. The third-order valence-electron chi connectivity index (χ3n) is 1.35. The van der Waals surface area contributed by atoms with Gasteiger partial charge < -0.3 is 20.1 Å². The monoisotopic (exact) mass is 134 g/mol. The Bertz CT molecular complexity index is 105. The third-order valence-corrected chi connectivity index (χ3v) is 1.35. The minimum atomic E-state index is -1.49. The normalized spacial score (nSPS) is 43.7. The molecule has 0 aliphatic carbocycles. The predicted molar refractivity (Wildman–Crippen MR) is 28.6 cm³/mol. The summed E-state index contributed by atoms with van der Waals surface area (Å²) in [5.41, 5.74) is 0. The first kappa shape index (κ1) is 6.95. The number of hydrogen-bond donors (Lipinski definition) is 3. The van der Waals surface area contributed by atoms with Crippen LogP contribution in [0.3, 0.4) is 0 Å². The average molecular weight is 134 g/mol. The van der Waals surface area contributed by atoms with Crippen molar-refractivity contribution in [2.75, 3.05) is 13.2 Å². The molecule has 1 heterocycles. The van der Waals surface area contributed by atoms with Crippen LogP contribution in [0, 0.1) is 0 Å². The molecule has 0 aromatic carbocycles. The molecule has 3 N–H and O–H groups in total. The Morgan fingerprint density at radius 2 is 2.33 bits per heavy atom. The molecular formula is C5H10O4. The Kier molecular flexibility index (Phi) is 1.72. The van der Waals surface area contributed by atoms with Crippen molar-refractivity contribution in [1.29, 1.82) is 0 Å². The smallest absolute Gasteiger partial charge is 0.191 e. The number of ether oxygens (including phenoxy) is 1. The molecule has 0 bridgehead atoms. The van der Waals surface area contributed by atoms with Crippen LogP contribution in [0.25, 0.3) is 0 Å². The zero-order valence-electron chi connectivity index (χ0n) is 4.95. The van der Waals surface area contributed by atoms with E-state index in [1.54, 1.807) is 0 Å². The van der Waals surface area contributed by atoms with Gasteiger partial charge in [0, 0.05) is 6.42 Å². The highest BCUT2D eigenvalue weighted by molar-refractivity contribution is 4.77. The van der Waals surface area contributed by atoms with Gasteiger partial charge in [-0.05, 0) is 0 Å². The summed E-state index contributed by atoms with van der Waals surface area (Å²) < 4.78 is 4.66. The van der Waals surface area contributed by atoms with Gasteiger partial charge in [-0.1, -0.05) is 0 Å². The fourth-order valence-electron chi connectivity index (χ4n) is 0.848. The lowest BCUT2D eigenvalue weighted by Crippen LogP contribution is -2.32. The largest absolute Gasteiger partial charge is 0.391 e. The maximum Gasteiger partial charge on any atom is 0.191 e. The van der Waals surface area contributed by atoms with E-state index in [4.69, 9.17) is 15.3 Å². The van der Waals surface area contributed by atoms with Crippen molar-refractivity contribution in [3.8, 4) is 0 Å². The summed E-state index contributed by atoms with van der Waals surface area (Å²) in [7, 11) is 0. The summed E-state index contributed by atoms with van der Waals surface area (Å²) in [6, 6.07) is 0. The third kappa shape index (κ3) is 1.40.